The molecule has 0 aliphatic carbocycles. The van der Waals surface area contributed by atoms with Gasteiger partial charge in [0, 0.05) is 10.1 Å². The van der Waals surface area contributed by atoms with Crippen molar-refractivity contribution >= 4 is 11.8 Å². The van der Waals surface area contributed by atoms with Crippen molar-refractivity contribution in [1.29, 1.82) is 0 Å². The lowest BCUT2D eigenvalue weighted by atomic mass is 10.1. The Kier molecular flexibility index (Phi) is 3.14. The normalized spacial score (nSPS) is 9.31. The molecule has 1 aromatic rings. The maximum absolute atomic E-state index is 11.3. The topological polar surface area (TPSA) is 43.4 Å². The van der Waals surface area contributed by atoms with Gasteiger partial charge in [0.25, 0.3) is 0 Å². The van der Waals surface area contributed by atoms with Crippen LogP contribution in [-0.2, 0) is 9.74 Å². The van der Waals surface area contributed by atoms with Crippen LogP contribution in [0.3, 0.4) is 0 Å². The van der Waals surface area contributed by atoms with Crippen molar-refractivity contribution in [1.82, 2.24) is 0 Å². The summed E-state index contributed by atoms with van der Waals surface area (Å²) in [5, 5.41) is 0. The number of carbonyl (C=O) groups is 2. The van der Waals surface area contributed by atoms with Crippen molar-refractivity contribution in [2.75, 3.05) is 0 Å². The second-order valence-corrected chi connectivity index (χ2v) is 2.42. The van der Waals surface area contributed by atoms with Crippen LogP contribution in [0.4, 0.5) is 4.53 Å². The molecule has 0 saturated heterocycles. The molecule has 0 heterocycles. The Hall–Kier alpha value is -1.71. The van der Waals surface area contributed by atoms with Crippen LogP contribution in [0.5, 0.6) is 0 Å². The minimum absolute atomic E-state index is 0.368. The van der Waals surface area contributed by atoms with Crippen molar-refractivity contribution in [2.45, 2.75) is 6.42 Å². The first-order chi connectivity index (χ1) is 6.24. The fourth-order valence-corrected chi connectivity index (χ4v) is 0.884. The van der Waals surface area contributed by atoms with Gasteiger partial charge < -0.3 is 0 Å². The molecule has 0 amide bonds. The van der Waals surface area contributed by atoms with Crippen LogP contribution in [0, 0.1) is 0 Å². The molecular formula is C9H7FO3. The summed E-state index contributed by atoms with van der Waals surface area (Å²) in [5.41, 5.74) is 0.368. The fraction of sp³-hybridized carbons (Fsp3) is 0.111. The highest BCUT2D eigenvalue weighted by atomic mass is 19.3. The lowest BCUT2D eigenvalue weighted by Gasteiger charge is -1.96. The summed E-state index contributed by atoms with van der Waals surface area (Å²) in [6, 6.07) is 8.16. The predicted octanol–water partition coefficient (Wildman–Crippen LogP) is 1.69. The molecule has 68 valence electrons. The third-order valence-corrected chi connectivity index (χ3v) is 1.49. The number of ketones is 1. The molecule has 13 heavy (non-hydrogen) atoms. The minimum atomic E-state index is -1.17. The fourth-order valence-electron chi connectivity index (χ4n) is 0.884. The second-order valence-electron chi connectivity index (χ2n) is 2.42. The summed E-state index contributed by atoms with van der Waals surface area (Å²) in [6.07, 6.45) is -0.569. The number of rotatable bonds is 3. The zero-order chi connectivity index (χ0) is 9.68. The minimum Gasteiger partial charge on any atom is -0.294 e. The molecule has 0 aliphatic heterocycles. The Morgan fingerprint density at radius 2 is 1.85 bits per heavy atom. The Morgan fingerprint density at radius 3 is 2.38 bits per heavy atom. The molecule has 0 spiro atoms. The lowest BCUT2D eigenvalue weighted by Crippen LogP contribution is -2.07. The summed E-state index contributed by atoms with van der Waals surface area (Å²) >= 11 is 0. The third kappa shape index (κ3) is 2.66. The largest absolute Gasteiger partial charge is 0.356 e. The first kappa shape index (κ1) is 9.38. The number of halogens is 1. The van der Waals surface area contributed by atoms with Gasteiger partial charge in [-0.2, -0.15) is 0 Å². The molecule has 3 nitrogen and oxygen atoms in total. The molecule has 0 fully saturated rings. The van der Waals surface area contributed by atoms with Crippen molar-refractivity contribution in [3.8, 4) is 0 Å². The molecule has 0 N–H and O–H groups in total. The van der Waals surface area contributed by atoms with E-state index >= 15 is 0 Å². The number of Topliss-reactive ketones (excluding diaryl/α,β-unsaturated/α-hetero) is 1. The zero-order valence-corrected chi connectivity index (χ0v) is 6.70. The Bertz CT molecular complexity index is 308. The van der Waals surface area contributed by atoms with Crippen molar-refractivity contribution in [2.24, 2.45) is 0 Å². The monoisotopic (exact) mass is 182 g/mol. The van der Waals surface area contributed by atoms with E-state index in [0.29, 0.717) is 5.56 Å². The van der Waals surface area contributed by atoms with Gasteiger partial charge >= 0.3 is 5.97 Å². The molecule has 0 radical (unpaired) electrons. The Morgan fingerprint density at radius 1 is 1.23 bits per heavy atom. The lowest BCUT2D eigenvalue weighted by molar-refractivity contribution is -0.182. The van der Waals surface area contributed by atoms with E-state index in [1.54, 1.807) is 30.3 Å². The van der Waals surface area contributed by atoms with Gasteiger partial charge in [-0.3, -0.25) is 9.74 Å². The third-order valence-electron chi connectivity index (χ3n) is 1.49. The van der Waals surface area contributed by atoms with Crippen molar-refractivity contribution < 1.29 is 19.1 Å². The van der Waals surface area contributed by atoms with Gasteiger partial charge in [0.15, 0.2) is 5.78 Å². The van der Waals surface area contributed by atoms with Crippen LogP contribution in [-0.4, -0.2) is 11.8 Å². The molecule has 0 saturated carbocycles. The Labute approximate surface area is 74.0 Å². The van der Waals surface area contributed by atoms with E-state index in [2.05, 4.69) is 4.94 Å². The standard InChI is InChI=1S/C9H7FO3/c10-13-9(12)6-8(11)7-4-2-1-3-5-7/h1-5H,6H2. The smallest absolute Gasteiger partial charge is 0.294 e. The van der Waals surface area contributed by atoms with E-state index < -0.39 is 18.2 Å². The molecule has 1 aromatic carbocycles. The second kappa shape index (κ2) is 4.35. The average Bonchev–Trinajstić information content (AvgIpc) is 2.19. The maximum atomic E-state index is 11.3. The zero-order valence-electron chi connectivity index (χ0n) is 6.70. The van der Waals surface area contributed by atoms with Gasteiger partial charge in [0.05, 0.1) is 0 Å². The van der Waals surface area contributed by atoms with Gasteiger partial charge in [0.1, 0.15) is 6.42 Å². The van der Waals surface area contributed by atoms with Gasteiger partial charge in [-0.05, 0) is 0 Å². The van der Waals surface area contributed by atoms with Crippen LogP contribution >= 0.6 is 0 Å². The molecule has 0 bridgehead atoms. The molecule has 0 atom stereocenters. The molecule has 0 unspecified atom stereocenters. The van der Waals surface area contributed by atoms with Gasteiger partial charge in [-0.1, -0.05) is 30.3 Å². The van der Waals surface area contributed by atoms with E-state index in [-0.39, 0.29) is 0 Å². The SMILES string of the molecule is O=C(CC(=O)c1ccccc1)OF. The van der Waals surface area contributed by atoms with E-state index in [9.17, 15) is 14.1 Å². The van der Waals surface area contributed by atoms with Gasteiger partial charge in [-0.25, -0.2) is 4.79 Å². The highest BCUT2D eigenvalue weighted by Crippen LogP contribution is 2.03. The summed E-state index contributed by atoms with van der Waals surface area (Å²) in [6.45, 7) is 0. The van der Waals surface area contributed by atoms with E-state index in [1.165, 1.54) is 0 Å². The van der Waals surface area contributed by atoms with Crippen molar-refractivity contribution in [3.63, 3.8) is 0 Å². The summed E-state index contributed by atoms with van der Waals surface area (Å²) in [4.78, 5) is 24.4. The predicted molar refractivity (Wildman–Crippen MR) is 42.6 cm³/mol. The van der Waals surface area contributed by atoms with Gasteiger partial charge in [0.2, 0.25) is 0 Å². The molecular weight excluding hydrogens is 175 g/mol. The molecule has 0 aliphatic rings. The Balaban J connectivity index is 2.65. The molecule has 4 heteroatoms. The van der Waals surface area contributed by atoms with E-state index in [4.69, 9.17) is 0 Å². The first-order valence-corrected chi connectivity index (χ1v) is 3.63. The molecule has 0 aromatic heterocycles. The van der Waals surface area contributed by atoms with Crippen molar-refractivity contribution in [3.05, 3.63) is 35.9 Å². The van der Waals surface area contributed by atoms with E-state index in [1.807, 2.05) is 0 Å². The summed E-state index contributed by atoms with van der Waals surface area (Å²) in [7, 11) is 0. The number of benzene rings is 1. The first-order valence-electron chi connectivity index (χ1n) is 3.63. The summed E-state index contributed by atoms with van der Waals surface area (Å²) < 4.78 is 11.3. The highest BCUT2D eigenvalue weighted by molar-refractivity contribution is 6.05. The van der Waals surface area contributed by atoms with Crippen LogP contribution in [0.25, 0.3) is 0 Å². The highest BCUT2D eigenvalue weighted by Gasteiger charge is 2.12. The number of hydrogen-bond acceptors (Lipinski definition) is 3. The maximum Gasteiger partial charge on any atom is 0.356 e. The average molecular weight is 182 g/mol. The number of carbonyl (C=O) groups excluding carboxylic acids is 2. The van der Waals surface area contributed by atoms with Gasteiger partial charge in [-0.15, -0.1) is 0 Å². The van der Waals surface area contributed by atoms with Crippen LogP contribution in [0.15, 0.2) is 30.3 Å². The van der Waals surface area contributed by atoms with Crippen LogP contribution in [0.1, 0.15) is 16.8 Å². The van der Waals surface area contributed by atoms with Crippen LogP contribution in [0.2, 0.25) is 0 Å². The number of hydrogen-bond donors (Lipinski definition) is 0. The summed E-state index contributed by atoms with van der Waals surface area (Å²) in [5.74, 6) is -1.63. The van der Waals surface area contributed by atoms with E-state index in [0.717, 1.165) is 0 Å². The quantitative estimate of drug-likeness (QED) is 0.527. The molecule has 1 rings (SSSR count). The van der Waals surface area contributed by atoms with Crippen LogP contribution < -0.4 is 0 Å².